The molecule has 21 heavy (non-hydrogen) atoms. The van der Waals surface area contributed by atoms with Crippen LogP contribution in [0.3, 0.4) is 0 Å². The Morgan fingerprint density at radius 3 is 2.86 bits per heavy atom. The van der Waals surface area contributed by atoms with Crippen LogP contribution in [0.25, 0.3) is 0 Å². The van der Waals surface area contributed by atoms with E-state index in [-0.39, 0.29) is 18.6 Å². The molecule has 1 aliphatic carbocycles. The van der Waals surface area contributed by atoms with E-state index in [9.17, 15) is 4.79 Å². The van der Waals surface area contributed by atoms with Crippen LogP contribution in [0.1, 0.15) is 53.2 Å². The molecule has 0 bridgehead atoms. The second-order valence-electron chi connectivity index (χ2n) is 6.02. The summed E-state index contributed by atoms with van der Waals surface area (Å²) < 4.78 is 0. The molecule has 1 amide bonds. The van der Waals surface area contributed by atoms with Crippen LogP contribution >= 0.6 is 11.3 Å². The summed E-state index contributed by atoms with van der Waals surface area (Å²) in [5.74, 6) is 6.95. The molecule has 1 aromatic heterocycles. The molecule has 2 N–H and O–H groups in total. The van der Waals surface area contributed by atoms with E-state index in [1.807, 2.05) is 13.0 Å². The maximum Gasteiger partial charge on any atom is 0.261 e. The van der Waals surface area contributed by atoms with Gasteiger partial charge in [0.25, 0.3) is 5.91 Å². The Kier molecular flexibility index (Phi) is 5.44. The van der Waals surface area contributed by atoms with Crippen LogP contribution in [0.15, 0.2) is 6.07 Å². The number of amides is 1. The van der Waals surface area contributed by atoms with Gasteiger partial charge in [-0.25, -0.2) is 0 Å². The Labute approximate surface area is 130 Å². The van der Waals surface area contributed by atoms with E-state index in [0.717, 1.165) is 29.2 Å². The largest absolute Gasteiger partial charge is 0.384 e. The highest BCUT2D eigenvalue weighted by Crippen LogP contribution is 2.30. The van der Waals surface area contributed by atoms with Crippen LogP contribution in [0.2, 0.25) is 0 Å². The summed E-state index contributed by atoms with van der Waals surface area (Å²) in [6, 6.07) is 2.18. The standard InChI is InChI=1S/C17H23NO2S/c1-11-6-7-14(9-12(11)2)18-17(20)16-10-13(3)15(21-16)5-4-8-19/h10-12,14,19H,6-9H2,1-3H3,(H,18,20). The smallest absolute Gasteiger partial charge is 0.261 e. The Morgan fingerprint density at radius 1 is 1.43 bits per heavy atom. The highest BCUT2D eigenvalue weighted by Gasteiger charge is 2.26. The van der Waals surface area contributed by atoms with Gasteiger partial charge in [-0.2, -0.15) is 0 Å². The van der Waals surface area contributed by atoms with Crippen LogP contribution in [-0.4, -0.2) is 23.7 Å². The summed E-state index contributed by atoms with van der Waals surface area (Å²) in [7, 11) is 0. The second-order valence-corrected chi connectivity index (χ2v) is 7.07. The van der Waals surface area contributed by atoms with Crippen molar-refractivity contribution in [2.75, 3.05) is 6.61 Å². The predicted octanol–water partition coefficient (Wildman–Crippen LogP) is 2.95. The number of carbonyl (C=O) groups excluding carboxylic acids is 1. The maximum atomic E-state index is 12.3. The Morgan fingerprint density at radius 2 is 2.19 bits per heavy atom. The van der Waals surface area contributed by atoms with Gasteiger partial charge in [-0.15, -0.1) is 11.3 Å². The van der Waals surface area contributed by atoms with Gasteiger partial charge in [0, 0.05) is 6.04 Å². The van der Waals surface area contributed by atoms with Crippen molar-refractivity contribution in [2.45, 2.75) is 46.1 Å². The van der Waals surface area contributed by atoms with E-state index < -0.39 is 0 Å². The van der Waals surface area contributed by atoms with Gasteiger partial charge in [0.2, 0.25) is 0 Å². The average molecular weight is 305 g/mol. The topological polar surface area (TPSA) is 49.3 Å². The van der Waals surface area contributed by atoms with E-state index in [0.29, 0.717) is 10.8 Å². The van der Waals surface area contributed by atoms with Gasteiger partial charge in [0.15, 0.2) is 0 Å². The Balaban J connectivity index is 2.01. The first kappa shape index (κ1) is 16.1. The number of aliphatic hydroxyl groups excluding tert-OH is 1. The molecular weight excluding hydrogens is 282 g/mol. The quantitative estimate of drug-likeness (QED) is 0.825. The summed E-state index contributed by atoms with van der Waals surface area (Å²) in [5, 5.41) is 11.9. The third kappa shape index (κ3) is 4.09. The summed E-state index contributed by atoms with van der Waals surface area (Å²) in [4.78, 5) is 13.9. The van der Waals surface area contributed by atoms with Crippen molar-refractivity contribution in [3.8, 4) is 11.8 Å². The van der Waals surface area contributed by atoms with Gasteiger partial charge in [-0.05, 0) is 49.7 Å². The molecule has 3 atom stereocenters. The monoisotopic (exact) mass is 305 g/mol. The third-order valence-corrected chi connectivity index (χ3v) is 5.51. The minimum Gasteiger partial charge on any atom is -0.384 e. The minimum atomic E-state index is -0.156. The first-order chi connectivity index (χ1) is 10.0. The molecule has 1 heterocycles. The zero-order valence-electron chi connectivity index (χ0n) is 12.9. The number of rotatable bonds is 2. The van der Waals surface area contributed by atoms with Crippen molar-refractivity contribution >= 4 is 17.2 Å². The molecule has 1 saturated carbocycles. The van der Waals surface area contributed by atoms with Gasteiger partial charge >= 0.3 is 0 Å². The number of hydrogen-bond donors (Lipinski definition) is 2. The molecule has 0 radical (unpaired) electrons. The van der Waals surface area contributed by atoms with E-state index in [4.69, 9.17) is 5.11 Å². The SMILES string of the molecule is Cc1cc(C(=O)NC2CCC(C)C(C)C2)sc1C#CCO. The van der Waals surface area contributed by atoms with Gasteiger partial charge in [-0.1, -0.05) is 25.7 Å². The summed E-state index contributed by atoms with van der Waals surface area (Å²) in [6.45, 7) is 6.34. The van der Waals surface area contributed by atoms with Gasteiger partial charge in [0.1, 0.15) is 6.61 Å². The lowest BCUT2D eigenvalue weighted by atomic mass is 9.79. The number of carbonyl (C=O) groups is 1. The molecule has 114 valence electrons. The lowest BCUT2D eigenvalue weighted by Crippen LogP contribution is -2.39. The second kappa shape index (κ2) is 7.11. The molecule has 3 nitrogen and oxygen atoms in total. The number of aryl methyl sites for hydroxylation is 1. The van der Waals surface area contributed by atoms with Crippen molar-refractivity contribution < 1.29 is 9.90 Å². The van der Waals surface area contributed by atoms with Crippen LogP contribution < -0.4 is 5.32 Å². The summed E-state index contributed by atoms with van der Waals surface area (Å²) in [6.07, 6.45) is 3.32. The molecule has 0 aliphatic heterocycles. The van der Waals surface area contributed by atoms with E-state index in [2.05, 4.69) is 31.0 Å². The lowest BCUT2D eigenvalue weighted by Gasteiger charge is -2.32. The third-order valence-electron chi connectivity index (χ3n) is 4.36. The fraction of sp³-hybridized carbons (Fsp3) is 0.588. The lowest BCUT2D eigenvalue weighted by molar-refractivity contribution is 0.0914. The van der Waals surface area contributed by atoms with E-state index in [1.54, 1.807) is 0 Å². The molecule has 1 fully saturated rings. The van der Waals surface area contributed by atoms with Crippen molar-refractivity contribution in [3.05, 3.63) is 21.4 Å². The zero-order valence-corrected chi connectivity index (χ0v) is 13.7. The highest BCUT2D eigenvalue weighted by molar-refractivity contribution is 7.14. The average Bonchev–Trinajstić information content (AvgIpc) is 2.82. The van der Waals surface area contributed by atoms with Crippen LogP contribution in [0.4, 0.5) is 0 Å². The van der Waals surface area contributed by atoms with E-state index >= 15 is 0 Å². The molecule has 3 unspecified atom stereocenters. The first-order valence-electron chi connectivity index (χ1n) is 7.52. The molecule has 1 aliphatic rings. The maximum absolute atomic E-state index is 12.3. The zero-order chi connectivity index (χ0) is 15.4. The summed E-state index contributed by atoms with van der Waals surface area (Å²) >= 11 is 1.40. The van der Waals surface area contributed by atoms with Crippen molar-refractivity contribution in [1.29, 1.82) is 0 Å². The Hall–Kier alpha value is -1.31. The van der Waals surface area contributed by atoms with Crippen LogP contribution in [0, 0.1) is 30.6 Å². The normalized spacial score (nSPS) is 25.0. The number of thiophene rings is 1. The molecular formula is C17H23NO2S. The fourth-order valence-corrected chi connectivity index (χ4v) is 3.72. The van der Waals surface area contributed by atoms with Gasteiger partial charge < -0.3 is 10.4 Å². The molecule has 0 saturated heterocycles. The van der Waals surface area contributed by atoms with Gasteiger partial charge in [-0.3, -0.25) is 4.79 Å². The Bertz CT molecular complexity index is 567. The fourth-order valence-electron chi connectivity index (χ4n) is 2.77. The number of nitrogens with one attached hydrogen (secondary N) is 1. The molecule has 0 spiro atoms. The minimum absolute atomic E-state index is 0.00639. The molecule has 4 heteroatoms. The summed E-state index contributed by atoms with van der Waals surface area (Å²) in [5.41, 5.74) is 0.997. The van der Waals surface area contributed by atoms with Crippen LogP contribution in [-0.2, 0) is 0 Å². The van der Waals surface area contributed by atoms with Crippen molar-refractivity contribution in [3.63, 3.8) is 0 Å². The molecule has 1 aromatic rings. The van der Waals surface area contributed by atoms with Crippen molar-refractivity contribution in [2.24, 2.45) is 11.8 Å². The highest BCUT2D eigenvalue weighted by atomic mass is 32.1. The van der Waals surface area contributed by atoms with E-state index in [1.165, 1.54) is 17.8 Å². The van der Waals surface area contributed by atoms with Crippen molar-refractivity contribution in [1.82, 2.24) is 5.32 Å². The van der Waals surface area contributed by atoms with Crippen LogP contribution in [0.5, 0.6) is 0 Å². The van der Waals surface area contributed by atoms with Gasteiger partial charge in [0.05, 0.1) is 9.75 Å². The number of aliphatic hydroxyl groups is 1. The number of hydrogen-bond acceptors (Lipinski definition) is 3. The molecule has 0 aromatic carbocycles. The molecule has 2 rings (SSSR count). The predicted molar refractivity (Wildman–Crippen MR) is 86.5 cm³/mol. The first-order valence-corrected chi connectivity index (χ1v) is 8.34.